The Bertz CT molecular complexity index is 2230. The van der Waals surface area contributed by atoms with Crippen LogP contribution in [0.2, 0.25) is 0 Å². The van der Waals surface area contributed by atoms with Crippen molar-refractivity contribution in [3.63, 3.8) is 0 Å². The van der Waals surface area contributed by atoms with Crippen molar-refractivity contribution in [3.05, 3.63) is 96.1 Å². The molecule has 7 rings (SSSR count). The molecule has 3 aliphatic rings. The lowest BCUT2D eigenvalue weighted by atomic mass is 9.70. The maximum atomic E-state index is 14.9. The van der Waals surface area contributed by atoms with E-state index in [1.165, 1.54) is 25.3 Å². The van der Waals surface area contributed by atoms with Crippen LogP contribution in [0.5, 0.6) is 5.75 Å². The average Bonchev–Trinajstić information content (AvgIpc) is 3.56. The van der Waals surface area contributed by atoms with E-state index < -0.39 is 56.8 Å². The number of pyridine rings is 1. The molecule has 3 atom stereocenters. The highest BCUT2D eigenvalue weighted by Gasteiger charge is 2.65. The maximum absolute atomic E-state index is 14.9. The quantitative estimate of drug-likeness (QED) is 0.178. The molecule has 52 heavy (non-hydrogen) atoms. The molecular formula is C38H38FN3O9S. The molecule has 0 saturated heterocycles. The van der Waals surface area contributed by atoms with E-state index in [4.69, 9.17) is 9.29 Å². The van der Waals surface area contributed by atoms with Crippen LogP contribution in [0.15, 0.2) is 79.0 Å². The molecule has 3 N–H and O–H groups in total. The third kappa shape index (κ3) is 6.30. The number of nitrogens with zero attached hydrogens (tertiary/aromatic N) is 2. The zero-order valence-electron chi connectivity index (χ0n) is 28.8. The number of carbonyl (C=O) groups is 4. The van der Waals surface area contributed by atoms with E-state index in [0.29, 0.717) is 24.2 Å². The Hall–Kier alpha value is -5.21. The Morgan fingerprint density at radius 2 is 1.71 bits per heavy atom. The van der Waals surface area contributed by atoms with E-state index in [0.717, 1.165) is 22.1 Å². The molecule has 2 amide bonds. The number of carboxylic acids is 1. The van der Waals surface area contributed by atoms with Crippen molar-refractivity contribution in [1.29, 1.82) is 0 Å². The lowest BCUT2D eigenvalue weighted by Crippen LogP contribution is -2.52. The van der Waals surface area contributed by atoms with Gasteiger partial charge in [0.25, 0.3) is 21.9 Å². The van der Waals surface area contributed by atoms with Crippen LogP contribution in [0, 0.1) is 22.6 Å². The molecule has 14 heteroatoms. The number of hydrogen-bond acceptors (Lipinski definition) is 8. The van der Waals surface area contributed by atoms with Crippen LogP contribution in [-0.4, -0.2) is 59.5 Å². The molecule has 0 spiro atoms. The average molecular weight is 732 g/mol. The van der Waals surface area contributed by atoms with Crippen LogP contribution in [0.3, 0.4) is 0 Å². The summed E-state index contributed by atoms with van der Waals surface area (Å²) in [5.74, 6) is -2.84. The third-order valence-electron chi connectivity index (χ3n) is 11.0. The normalized spacial score (nSPS) is 22.9. The molecule has 3 aromatic carbocycles. The van der Waals surface area contributed by atoms with Gasteiger partial charge >= 0.3 is 5.97 Å². The summed E-state index contributed by atoms with van der Waals surface area (Å²) in [6.45, 7) is 3.89. The van der Waals surface area contributed by atoms with E-state index in [9.17, 15) is 37.1 Å². The molecule has 2 saturated carbocycles. The van der Waals surface area contributed by atoms with Crippen molar-refractivity contribution < 1.29 is 46.4 Å². The zero-order valence-corrected chi connectivity index (χ0v) is 29.6. The van der Waals surface area contributed by atoms with Gasteiger partial charge in [-0.25, -0.2) is 4.39 Å². The first-order chi connectivity index (χ1) is 24.5. The van der Waals surface area contributed by atoms with E-state index in [-0.39, 0.29) is 40.6 Å². The van der Waals surface area contributed by atoms with Gasteiger partial charge in [0.15, 0.2) is 0 Å². The number of aromatic nitrogens is 1. The number of anilines is 2. The summed E-state index contributed by atoms with van der Waals surface area (Å²) in [6.07, 6.45) is 2.84. The number of ether oxygens (including phenoxy) is 1. The summed E-state index contributed by atoms with van der Waals surface area (Å²) >= 11 is 0. The minimum atomic E-state index is -4.08. The van der Waals surface area contributed by atoms with Crippen molar-refractivity contribution in [1.82, 2.24) is 10.3 Å². The van der Waals surface area contributed by atoms with Gasteiger partial charge in [0.2, 0.25) is 0 Å². The highest BCUT2D eigenvalue weighted by molar-refractivity contribution is 7.85. The van der Waals surface area contributed by atoms with E-state index in [2.05, 4.69) is 10.3 Å². The first-order valence-corrected chi connectivity index (χ1v) is 18.3. The number of carbonyl (C=O) groups excluding carboxylic acids is 3. The molecular weight excluding hydrogens is 693 g/mol. The zero-order chi connectivity index (χ0) is 37.6. The summed E-state index contributed by atoms with van der Waals surface area (Å²) in [4.78, 5) is 56.5. The van der Waals surface area contributed by atoms with E-state index in [1.54, 1.807) is 36.5 Å². The predicted octanol–water partition coefficient (Wildman–Crippen LogP) is 5.82. The molecule has 2 heterocycles. The van der Waals surface area contributed by atoms with Crippen LogP contribution < -0.4 is 15.0 Å². The largest absolute Gasteiger partial charge is 0.497 e. The smallest absolute Gasteiger partial charge is 0.303 e. The number of methoxy groups -OCH3 is 1. The SMILES string of the molecule is CC1(C)C2CCC1(CS(=O)(=O)O)C(=O)C2.COc1ccc2c(c1)N(c1ccccc1F)C(=O)[C@@]2(CCC(=O)O)NC(=O)c1cc2ccccc2cn1. The van der Waals surface area contributed by atoms with Crippen molar-refractivity contribution in [2.75, 3.05) is 17.8 Å². The fraction of sp³-hybridized carbons (Fsp3) is 0.342. The van der Waals surface area contributed by atoms with Gasteiger partial charge in [-0.15, -0.1) is 0 Å². The van der Waals surface area contributed by atoms with Crippen molar-refractivity contribution in [3.8, 4) is 5.75 Å². The first kappa shape index (κ1) is 36.6. The van der Waals surface area contributed by atoms with Gasteiger partial charge in [-0.05, 0) is 60.2 Å². The second kappa shape index (κ2) is 13.4. The third-order valence-corrected chi connectivity index (χ3v) is 11.9. The van der Waals surface area contributed by atoms with Gasteiger partial charge in [0, 0.05) is 36.1 Å². The van der Waals surface area contributed by atoms with Crippen LogP contribution in [-0.2, 0) is 30.0 Å². The van der Waals surface area contributed by atoms with Crippen LogP contribution >= 0.6 is 0 Å². The number of fused-ring (bicyclic) bond motifs is 4. The first-order valence-electron chi connectivity index (χ1n) is 16.7. The molecule has 0 radical (unpaired) electrons. The number of benzene rings is 3. The van der Waals surface area contributed by atoms with Gasteiger partial charge in [-0.1, -0.05) is 56.3 Å². The molecule has 2 bridgehead atoms. The van der Waals surface area contributed by atoms with Gasteiger partial charge in [-0.2, -0.15) is 8.42 Å². The number of para-hydroxylation sites is 1. The number of carboxylic acid groups (broad SMARTS) is 1. The molecule has 4 aromatic rings. The summed E-state index contributed by atoms with van der Waals surface area (Å²) in [5.41, 5.74) is -2.26. The highest BCUT2D eigenvalue weighted by Crippen LogP contribution is 2.64. The summed E-state index contributed by atoms with van der Waals surface area (Å²) < 4.78 is 51.2. The van der Waals surface area contributed by atoms with Crippen molar-refractivity contribution in [2.45, 2.75) is 51.5 Å². The van der Waals surface area contributed by atoms with E-state index >= 15 is 0 Å². The minimum absolute atomic E-state index is 0.0152. The van der Waals surface area contributed by atoms with Crippen LogP contribution in [0.1, 0.15) is 62.0 Å². The van der Waals surface area contributed by atoms with Gasteiger partial charge in [-0.3, -0.25) is 33.6 Å². The molecule has 2 aliphatic carbocycles. The summed E-state index contributed by atoms with van der Waals surface area (Å²) in [7, 11) is -2.62. The van der Waals surface area contributed by atoms with Crippen molar-refractivity contribution >= 4 is 55.8 Å². The van der Waals surface area contributed by atoms with Crippen LogP contribution in [0.4, 0.5) is 15.8 Å². The molecule has 1 aromatic heterocycles. The number of rotatable bonds is 9. The standard InChI is InChI=1S/C28H22FN3O5.C10H16O4S/c1-37-19-10-11-20-24(15-19)32(23-9-5-4-8-21(23)29)27(36)28(20,13-12-25(33)34)31-26(35)22-14-17-6-2-3-7-18(17)16-30-22;1-9(2)7-3-4-10(9,8(11)5-7)6-15(12,13)14/h2-11,14-16H,12-13H2,1H3,(H,31,35)(H,33,34);7H,3-6H2,1-2H3,(H,12,13,14)/t28-;/m0./s1. The monoisotopic (exact) mass is 731 g/mol. The number of Topliss-reactive ketones (excluding diaryl/α,β-unsaturated/α-hetero) is 1. The number of ketones is 1. The van der Waals surface area contributed by atoms with Gasteiger partial charge in [0.05, 0.1) is 29.7 Å². The number of amides is 2. The van der Waals surface area contributed by atoms with Gasteiger partial charge in [0.1, 0.15) is 28.6 Å². The summed E-state index contributed by atoms with van der Waals surface area (Å²) in [6, 6.07) is 19.5. The Kier molecular flexibility index (Phi) is 9.43. The molecule has 272 valence electrons. The fourth-order valence-electron chi connectivity index (χ4n) is 8.08. The summed E-state index contributed by atoms with van der Waals surface area (Å²) in [5, 5.41) is 13.9. The van der Waals surface area contributed by atoms with Crippen LogP contribution in [0.25, 0.3) is 10.8 Å². The molecule has 2 fully saturated rings. The lowest BCUT2D eigenvalue weighted by molar-refractivity contribution is -0.137. The maximum Gasteiger partial charge on any atom is 0.303 e. The Morgan fingerprint density at radius 3 is 2.33 bits per heavy atom. The Morgan fingerprint density at radius 1 is 1.02 bits per heavy atom. The molecule has 1 aliphatic heterocycles. The predicted molar refractivity (Wildman–Crippen MR) is 189 cm³/mol. The second-order valence-corrected chi connectivity index (χ2v) is 15.5. The number of halogens is 1. The molecule has 2 unspecified atom stereocenters. The second-order valence-electron chi connectivity index (χ2n) is 14.0. The van der Waals surface area contributed by atoms with Gasteiger partial charge < -0.3 is 15.2 Å². The number of aliphatic carboxylic acids is 1. The molecule has 12 nitrogen and oxygen atoms in total. The Balaban J connectivity index is 0.000000258. The number of nitrogens with one attached hydrogen (secondary N) is 1. The highest BCUT2D eigenvalue weighted by atomic mass is 32.2. The van der Waals surface area contributed by atoms with Crippen molar-refractivity contribution in [2.24, 2.45) is 16.7 Å². The minimum Gasteiger partial charge on any atom is -0.497 e. The lowest BCUT2D eigenvalue weighted by Gasteiger charge is -2.35. The number of hydrogen-bond donors (Lipinski definition) is 3. The fourth-order valence-corrected chi connectivity index (χ4v) is 9.38. The van der Waals surface area contributed by atoms with E-state index in [1.807, 2.05) is 38.1 Å². The Labute approximate surface area is 299 Å². The topological polar surface area (TPSA) is 180 Å².